The third-order valence-corrected chi connectivity index (χ3v) is 6.13. The summed E-state index contributed by atoms with van der Waals surface area (Å²) in [5, 5.41) is 15.6. The fourth-order valence-electron chi connectivity index (χ4n) is 2.96. The molecule has 1 atom stereocenters. The fourth-order valence-corrected chi connectivity index (χ4v) is 3.61. The van der Waals surface area contributed by atoms with Crippen molar-refractivity contribution in [2.24, 2.45) is 5.10 Å². The molecule has 0 fully saturated rings. The Bertz CT molecular complexity index is 1110. The van der Waals surface area contributed by atoms with Gasteiger partial charge in [-0.05, 0) is 49.1 Å². The van der Waals surface area contributed by atoms with Gasteiger partial charge in [0, 0.05) is 11.3 Å². The summed E-state index contributed by atoms with van der Waals surface area (Å²) in [6.07, 6.45) is 1.07. The zero-order valence-electron chi connectivity index (χ0n) is 19.2. The SMILES string of the molecule is CCC(C)c1ccc(NC(=O)CSc2nnc(N/N=C(\C)c3cccc(OC)c3)n2N)cc1. The summed E-state index contributed by atoms with van der Waals surface area (Å²) in [6.45, 7) is 6.19. The van der Waals surface area contributed by atoms with Crippen LogP contribution in [-0.2, 0) is 4.79 Å². The fraction of sp³-hybridized carbons (Fsp3) is 0.304. The number of nitrogen functional groups attached to an aromatic ring is 1. The molecule has 0 saturated heterocycles. The lowest BCUT2D eigenvalue weighted by Crippen LogP contribution is -2.17. The van der Waals surface area contributed by atoms with Gasteiger partial charge in [0.1, 0.15) is 5.75 Å². The second-order valence-corrected chi connectivity index (χ2v) is 8.43. The Morgan fingerprint density at radius 2 is 2.00 bits per heavy atom. The first-order chi connectivity index (χ1) is 15.9. The van der Waals surface area contributed by atoms with E-state index in [2.05, 4.69) is 39.9 Å². The normalized spacial score (nSPS) is 12.3. The van der Waals surface area contributed by atoms with Gasteiger partial charge < -0.3 is 15.9 Å². The smallest absolute Gasteiger partial charge is 0.264 e. The molecule has 9 nitrogen and oxygen atoms in total. The molecule has 0 saturated carbocycles. The third kappa shape index (κ3) is 6.48. The topological polar surface area (TPSA) is 119 Å². The summed E-state index contributed by atoms with van der Waals surface area (Å²) >= 11 is 1.19. The third-order valence-electron chi connectivity index (χ3n) is 5.18. The van der Waals surface area contributed by atoms with Crippen LogP contribution in [0.4, 0.5) is 11.6 Å². The average Bonchev–Trinajstić information content (AvgIpc) is 3.20. The molecule has 2 aromatic carbocycles. The zero-order valence-corrected chi connectivity index (χ0v) is 20.0. The van der Waals surface area contributed by atoms with Gasteiger partial charge in [-0.25, -0.2) is 10.1 Å². The highest BCUT2D eigenvalue weighted by molar-refractivity contribution is 7.99. The summed E-state index contributed by atoms with van der Waals surface area (Å²) in [5.74, 6) is 7.55. The van der Waals surface area contributed by atoms with Gasteiger partial charge >= 0.3 is 0 Å². The van der Waals surface area contributed by atoms with Crippen molar-refractivity contribution in [2.75, 3.05) is 29.4 Å². The van der Waals surface area contributed by atoms with Crippen LogP contribution in [0.25, 0.3) is 0 Å². The average molecular weight is 468 g/mol. The van der Waals surface area contributed by atoms with Gasteiger partial charge in [0.05, 0.1) is 18.6 Å². The molecule has 10 heteroatoms. The summed E-state index contributed by atoms with van der Waals surface area (Å²) in [4.78, 5) is 12.3. The number of nitrogens with one attached hydrogen (secondary N) is 2. The molecule has 0 radical (unpaired) electrons. The lowest BCUT2D eigenvalue weighted by molar-refractivity contribution is -0.113. The van der Waals surface area contributed by atoms with Gasteiger partial charge in [0.25, 0.3) is 5.95 Å². The van der Waals surface area contributed by atoms with Crippen molar-refractivity contribution in [3.8, 4) is 5.75 Å². The Morgan fingerprint density at radius 1 is 1.24 bits per heavy atom. The van der Waals surface area contributed by atoms with Crippen molar-refractivity contribution >= 4 is 35.0 Å². The molecular formula is C23H29N7O2S. The van der Waals surface area contributed by atoms with Crippen LogP contribution in [0.5, 0.6) is 5.75 Å². The first-order valence-electron chi connectivity index (χ1n) is 10.6. The van der Waals surface area contributed by atoms with Gasteiger partial charge in [-0.15, -0.1) is 10.2 Å². The minimum atomic E-state index is -0.152. The lowest BCUT2D eigenvalue weighted by Gasteiger charge is -2.10. The molecule has 0 bridgehead atoms. The van der Waals surface area contributed by atoms with E-state index in [0.29, 0.717) is 11.1 Å². The van der Waals surface area contributed by atoms with Crippen molar-refractivity contribution in [3.63, 3.8) is 0 Å². The summed E-state index contributed by atoms with van der Waals surface area (Å²) in [5.41, 5.74) is 6.45. The summed E-state index contributed by atoms with van der Waals surface area (Å²) in [7, 11) is 1.61. The maximum atomic E-state index is 12.3. The van der Waals surface area contributed by atoms with Crippen LogP contribution in [0.3, 0.4) is 0 Å². The highest BCUT2D eigenvalue weighted by Gasteiger charge is 2.13. The number of nitrogens with zero attached hydrogens (tertiary/aromatic N) is 4. The highest BCUT2D eigenvalue weighted by Crippen LogP contribution is 2.21. The Morgan fingerprint density at radius 3 is 2.70 bits per heavy atom. The van der Waals surface area contributed by atoms with Crippen LogP contribution in [0.2, 0.25) is 0 Å². The number of amides is 1. The van der Waals surface area contributed by atoms with E-state index in [-0.39, 0.29) is 17.6 Å². The van der Waals surface area contributed by atoms with Gasteiger partial charge in [-0.2, -0.15) is 5.10 Å². The molecule has 4 N–H and O–H groups in total. The second-order valence-electron chi connectivity index (χ2n) is 7.49. The number of anilines is 2. The summed E-state index contributed by atoms with van der Waals surface area (Å²) in [6, 6.07) is 15.5. The monoisotopic (exact) mass is 467 g/mol. The number of hydrogen-bond donors (Lipinski definition) is 3. The van der Waals surface area contributed by atoms with Crippen molar-refractivity contribution in [3.05, 3.63) is 59.7 Å². The Kier molecular flexibility index (Phi) is 8.31. The number of benzene rings is 2. The molecule has 3 rings (SSSR count). The number of carbonyl (C=O) groups excluding carboxylic acids is 1. The van der Waals surface area contributed by atoms with Crippen molar-refractivity contribution in [2.45, 2.75) is 38.3 Å². The van der Waals surface area contributed by atoms with Crippen LogP contribution in [-0.4, -0.2) is 39.4 Å². The molecular weight excluding hydrogens is 438 g/mol. The van der Waals surface area contributed by atoms with E-state index in [4.69, 9.17) is 10.6 Å². The number of carbonyl (C=O) groups is 1. The van der Waals surface area contributed by atoms with Crippen LogP contribution in [0, 0.1) is 0 Å². The van der Waals surface area contributed by atoms with E-state index in [1.165, 1.54) is 22.0 Å². The molecule has 0 aliphatic rings. The predicted molar refractivity (Wildman–Crippen MR) is 134 cm³/mol. The first kappa shape index (κ1) is 24.1. The molecule has 0 spiro atoms. The maximum absolute atomic E-state index is 12.3. The molecule has 174 valence electrons. The highest BCUT2D eigenvalue weighted by atomic mass is 32.2. The Hall–Kier alpha value is -3.53. The van der Waals surface area contributed by atoms with Gasteiger partial charge in [-0.3, -0.25) is 4.79 Å². The van der Waals surface area contributed by atoms with Crippen LogP contribution >= 0.6 is 11.8 Å². The first-order valence-corrected chi connectivity index (χ1v) is 11.6. The Labute approximate surface area is 197 Å². The lowest BCUT2D eigenvalue weighted by atomic mass is 9.99. The molecule has 33 heavy (non-hydrogen) atoms. The number of aromatic nitrogens is 3. The van der Waals surface area contributed by atoms with E-state index in [9.17, 15) is 4.79 Å². The standard InChI is InChI=1S/C23H29N7O2S/c1-5-15(2)17-9-11-19(12-10-17)25-21(31)14-33-23-29-28-22(30(23)24)27-26-16(3)18-7-6-8-20(13-18)32-4/h6-13,15H,5,14,24H2,1-4H3,(H,25,31)(H,27,28)/b26-16+. The van der Waals surface area contributed by atoms with E-state index in [1.807, 2.05) is 55.5 Å². The summed E-state index contributed by atoms with van der Waals surface area (Å²) < 4.78 is 6.50. The zero-order chi connectivity index (χ0) is 23.8. The Balaban J connectivity index is 1.54. The minimum absolute atomic E-state index is 0.147. The molecule has 1 unspecified atom stereocenters. The number of thioether (sulfide) groups is 1. The van der Waals surface area contributed by atoms with Gasteiger partial charge in [-0.1, -0.05) is 49.9 Å². The number of ether oxygens (including phenoxy) is 1. The van der Waals surface area contributed by atoms with Crippen LogP contribution in [0.1, 0.15) is 44.2 Å². The van der Waals surface area contributed by atoms with E-state index in [1.54, 1.807) is 7.11 Å². The minimum Gasteiger partial charge on any atom is -0.497 e. The maximum Gasteiger partial charge on any atom is 0.264 e. The number of hydrogen-bond acceptors (Lipinski definition) is 8. The largest absolute Gasteiger partial charge is 0.497 e. The van der Waals surface area contributed by atoms with Gasteiger partial charge in [0.15, 0.2) is 0 Å². The molecule has 1 heterocycles. The van der Waals surface area contributed by atoms with Gasteiger partial charge in [0.2, 0.25) is 11.1 Å². The van der Waals surface area contributed by atoms with Crippen molar-refractivity contribution in [1.29, 1.82) is 0 Å². The van der Waals surface area contributed by atoms with E-state index >= 15 is 0 Å². The predicted octanol–water partition coefficient (Wildman–Crippen LogP) is 4.08. The number of hydrazone groups is 1. The molecule has 1 amide bonds. The number of methoxy groups -OCH3 is 1. The molecule has 0 aliphatic carbocycles. The van der Waals surface area contributed by atoms with E-state index < -0.39 is 0 Å². The second kappa shape index (κ2) is 11.4. The number of nitrogens with two attached hydrogens (primary N) is 1. The van der Waals surface area contributed by atoms with E-state index in [0.717, 1.165) is 29.1 Å². The van der Waals surface area contributed by atoms with Crippen LogP contribution < -0.4 is 21.3 Å². The number of rotatable bonds is 10. The van der Waals surface area contributed by atoms with Crippen molar-refractivity contribution in [1.82, 2.24) is 14.9 Å². The quantitative estimate of drug-likeness (QED) is 0.178. The molecule has 3 aromatic rings. The van der Waals surface area contributed by atoms with Crippen molar-refractivity contribution < 1.29 is 9.53 Å². The van der Waals surface area contributed by atoms with Crippen LogP contribution in [0.15, 0.2) is 58.8 Å². The molecule has 0 aliphatic heterocycles. The molecule has 1 aromatic heterocycles.